The molecule has 0 fully saturated rings. The zero-order chi connectivity index (χ0) is 16.2. The Morgan fingerprint density at radius 3 is 2.78 bits per heavy atom. The molecule has 1 unspecified atom stereocenters. The molecule has 1 heterocycles. The van der Waals surface area contributed by atoms with Crippen LogP contribution in [0.25, 0.3) is 0 Å². The van der Waals surface area contributed by atoms with Crippen LogP contribution in [0.5, 0.6) is 5.75 Å². The number of carbonyl (C=O) groups is 1. The molecule has 0 aliphatic carbocycles. The molecule has 0 saturated carbocycles. The number of anilines is 1. The summed E-state index contributed by atoms with van der Waals surface area (Å²) in [5, 5.41) is 0. The molecule has 4 nitrogen and oxygen atoms in total. The van der Waals surface area contributed by atoms with Gasteiger partial charge in [-0.05, 0) is 24.1 Å². The van der Waals surface area contributed by atoms with Crippen molar-refractivity contribution in [3.8, 4) is 5.75 Å². The number of amides is 1. The summed E-state index contributed by atoms with van der Waals surface area (Å²) in [7, 11) is 0. The highest BCUT2D eigenvalue weighted by molar-refractivity contribution is 5.95. The average Bonchev–Trinajstić information content (AvgIpc) is 2.79. The van der Waals surface area contributed by atoms with Gasteiger partial charge in [0.15, 0.2) is 11.6 Å². The third kappa shape index (κ3) is 3.35. The second-order valence-corrected chi connectivity index (χ2v) is 5.56. The van der Waals surface area contributed by atoms with Gasteiger partial charge in [-0.1, -0.05) is 36.4 Å². The molecule has 5 heteroatoms. The van der Waals surface area contributed by atoms with Crippen molar-refractivity contribution in [3.05, 3.63) is 59.9 Å². The molecular formula is C18H19FN2O2. The number of nitrogens with two attached hydrogens (primary N) is 1. The lowest BCUT2D eigenvalue weighted by Crippen LogP contribution is -2.33. The van der Waals surface area contributed by atoms with Crippen LogP contribution in [0.2, 0.25) is 0 Å². The predicted octanol–water partition coefficient (Wildman–Crippen LogP) is 3.03. The number of halogens is 1. The van der Waals surface area contributed by atoms with Crippen LogP contribution in [0.3, 0.4) is 0 Å². The lowest BCUT2D eigenvalue weighted by molar-refractivity contribution is -0.119. The number of rotatable bonds is 3. The first kappa shape index (κ1) is 15.5. The summed E-state index contributed by atoms with van der Waals surface area (Å²) < 4.78 is 19.4. The van der Waals surface area contributed by atoms with E-state index in [2.05, 4.69) is 0 Å². The van der Waals surface area contributed by atoms with E-state index in [0.717, 1.165) is 5.56 Å². The summed E-state index contributed by atoms with van der Waals surface area (Å²) in [6, 6.07) is 13.7. The first-order valence-electron chi connectivity index (χ1n) is 7.69. The molecule has 120 valence electrons. The van der Waals surface area contributed by atoms with Gasteiger partial charge in [-0.25, -0.2) is 4.39 Å². The molecule has 0 spiro atoms. The molecule has 1 aliphatic rings. The van der Waals surface area contributed by atoms with Crippen molar-refractivity contribution in [1.29, 1.82) is 0 Å². The molecule has 3 rings (SSSR count). The maximum atomic E-state index is 13.9. The number of fused-ring (bicyclic) bond motifs is 1. The Hall–Kier alpha value is -2.40. The van der Waals surface area contributed by atoms with Crippen molar-refractivity contribution < 1.29 is 13.9 Å². The number of hydrogen-bond donors (Lipinski definition) is 1. The lowest BCUT2D eigenvalue weighted by atomic mass is 10.0. The first-order valence-corrected chi connectivity index (χ1v) is 7.69. The zero-order valence-corrected chi connectivity index (χ0v) is 12.7. The van der Waals surface area contributed by atoms with E-state index < -0.39 is 5.82 Å². The van der Waals surface area contributed by atoms with E-state index >= 15 is 0 Å². The average molecular weight is 314 g/mol. The van der Waals surface area contributed by atoms with Gasteiger partial charge >= 0.3 is 0 Å². The van der Waals surface area contributed by atoms with Crippen LogP contribution in [0.1, 0.15) is 24.4 Å². The smallest absolute Gasteiger partial charge is 0.229 e. The first-order chi connectivity index (χ1) is 11.2. The Bertz CT molecular complexity index is 691. The van der Waals surface area contributed by atoms with E-state index in [1.54, 1.807) is 17.0 Å². The van der Waals surface area contributed by atoms with Crippen molar-refractivity contribution >= 4 is 11.6 Å². The van der Waals surface area contributed by atoms with E-state index in [0.29, 0.717) is 25.3 Å². The zero-order valence-electron chi connectivity index (χ0n) is 12.7. The fraction of sp³-hybridized carbons (Fsp3) is 0.278. The lowest BCUT2D eigenvalue weighted by Gasteiger charge is -2.23. The van der Waals surface area contributed by atoms with Crippen molar-refractivity contribution in [2.45, 2.75) is 18.9 Å². The second kappa shape index (κ2) is 6.79. The summed E-state index contributed by atoms with van der Waals surface area (Å²) in [5.41, 5.74) is 7.53. The summed E-state index contributed by atoms with van der Waals surface area (Å²) in [6.45, 7) is 0.888. The van der Waals surface area contributed by atoms with Gasteiger partial charge in [0.2, 0.25) is 5.91 Å². The molecule has 23 heavy (non-hydrogen) atoms. The fourth-order valence-corrected chi connectivity index (χ4v) is 2.75. The Morgan fingerprint density at radius 1 is 1.22 bits per heavy atom. The largest absolute Gasteiger partial charge is 0.488 e. The molecule has 0 bridgehead atoms. The molecule has 0 aromatic heterocycles. The van der Waals surface area contributed by atoms with Crippen LogP contribution in [-0.4, -0.2) is 19.1 Å². The normalized spacial score (nSPS) is 15.3. The molecule has 1 atom stereocenters. The van der Waals surface area contributed by atoms with Crippen LogP contribution in [0.4, 0.5) is 10.1 Å². The SMILES string of the molecule is NC(CC(=O)N1CCCOc2c(F)cccc21)c1ccccc1. The third-order valence-electron chi connectivity index (χ3n) is 3.93. The van der Waals surface area contributed by atoms with Gasteiger partial charge in [0.1, 0.15) is 0 Å². The number of para-hydroxylation sites is 1. The van der Waals surface area contributed by atoms with Crippen molar-refractivity contribution in [2.24, 2.45) is 5.73 Å². The minimum atomic E-state index is -0.449. The number of carbonyl (C=O) groups excluding carboxylic acids is 1. The van der Waals surface area contributed by atoms with Crippen molar-refractivity contribution in [3.63, 3.8) is 0 Å². The number of benzene rings is 2. The van der Waals surface area contributed by atoms with E-state index in [1.165, 1.54) is 6.07 Å². The predicted molar refractivity (Wildman–Crippen MR) is 86.9 cm³/mol. The highest BCUT2D eigenvalue weighted by Crippen LogP contribution is 2.34. The molecule has 2 aromatic carbocycles. The van der Waals surface area contributed by atoms with E-state index in [9.17, 15) is 9.18 Å². The molecule has 0 saturated heterocycles. The maximum Gasteiger partial charge on any atom is 0.229 e. The van der Waals surface area contributed by atoms with Gasteiger partial charge in [-0.3, -0.25) is 4.79 Å². The molecule has 2 N–H and O–H groups in total. The van der Waals surface area contributed by atoms with Gasteiger partial charge in [0.05, 0.1) is 12.3 Å². The van der Waals surface area contributed by atoms with Crippen molar-refractivity contribution in [2.75, 3.05) is 18.1 Å². The van der Waals surface area contributed by atoms with Gasteiger partial charge in [0, 0.05) is 19.0 Å². The molecule has 0 radical (unpaired) electrons. The topological polar surface area (TPSA) is 55.6 Å². The van der Waals surface area contributed by atoms with Crippen molar-refractivity contribution in [1.82, 2.24) is 0 Å². The summed E-state index contributed by atoms with van der Waals surface area (Å²) >= 11 is 0. The number of ether oxygens (including phenoxy) is 1. The second-order valence-electron chi connectivity index (χ2n) is 5.56. The fourth-order valence-electron chi connectivity index (χ4n) is 2.75. The highest BCUT2D eigenvalue weighted by Gasteiger charge is 2.25. The van der Waals surface area contributed by atoms with E-state index in [1.807, 2.05) is 30.3 Å². The van der Waals surface area contributed by atoms with Gasteiger partial charge in [0.25, 0.3) is 0 Å². The van der Waals surface area contributed by atoms with Crippen LogP contribution in [0.15, 0.2) is 48.5 Å². The quantitative estimate of drug-likeness (QED) is 0.947. The summed E-state index contributed by atoms with van der Waals surface area (Å²) in [4.78, 5) is 14.3. The summed E-state index contributed by atoms with van der Waals surface area (Å²) in [5.74, 6) is -0.431. The molecule has 2 aromatic rings. The molecular weight excluding hydrogens is 295 g/mol. The van der Waals surface area contributed by atoms with Gasteiger partial charge < -0.3 is 15.4 Å². The van der Waals surface area contributed by atoms with E-state index in [-0.39, 0.29) is 24.1 Å². The van der Waals surface area contributed by atoms with E-state index in [4.69, 9.17) is 10.5 Å². The van der Waals surface area contributed by atoms with Gasteiger partial charge in [-0.15, -0.1) is 0 Å². The summed E-state index contributed by atoms with van der Waals surface area (Å²) in [6.07, 6.45) is 0.820. The molecule has 1 amide bonds. The van der Waals surface area contributed by atoms with Gasteiger partial charge in [-0.2, -0.15) is 0 Å². The Balaban J connectivity index is 1.81. The maximum absolute atomic E-state index is 13.9. The monoisotopic (exact) mass is 314 g/mol. The number of nitrogens with zero attached hydrogens (tertiary/aromatic N) is 1. The van der Waals surface area contributed by atoms with Crippen LogP contribution >= 0.6 is 0 Å². The Morgan fingerprint density at radius 2 is 2.00 bits per heavy atom. The standard InChI is InChI=1S/C18H19FN2O2/c19-14-8-4-9-16-18(14)23-11-5-10-21(16)17(22)12-15(20)13-6-2-1-3-7-13/h1-4,6-9,15H,5,10-12,20H2. The van der Waals surface area contributed by atoms with Crippen LogP contribution < -0.4 is 15.4 Å². The minimum absolute atomic E-state index is 0.126. The van der Waals surface area contributed by atoms with Crippen LogP contribution in [-0.2, 0) is 4.79 Å². The van der Waals surface area contributed by atoms with Crippen LogP contribution in [0, 0.1) is 5.82 Å². The highest BCUT2D eigenvalue weighted by atomic mass is 19.1. The Labute approximate surface area is 134 Å². The third-order valence-corrected chi connectivity index (χ3v) is 3.93. The minimum Gasteiger partial charge on any atom is -0.488 e. The number of hydrogen-bond acceptors (Lipinski definition) is 3. The molecule has 1 aliphatic heterocycles. The Kier molecular flexibility index (Phi) is 4.57.